The summed E-state index contributed by atoms with van der Waals surface area (Å²) in [6.45, 7) is 0.640. The highest BCUT2D eigenvalue weighted by Crippen LogP contribution is 2.18. The molecule has 0 spiro atoms. The Bertz CT molecular complexity index is 734. The van der Waals surface area contributed by atoms with Crippen molar-refractivity contribution in [3.05, 3.63) is 47.0 Å². The number of nitrogens with one attached hydrogen (secondary N) is 4. The van der Waals surface area contributed by atoms with Crippen LogP contribution in [0.1, 0.15) is 16.1 Å². The second-order valence-corrected chi connectivity index (χ2v) is 7.18. The van der Waals surface area contributed by atoms with Crippen LogP contribution >= 0.6 is 35.3 Å². The third-order valence-electron chi connectivity index (χ3n) is 2.84. The van der Waals surface area contributed by atoms with E-state index in [4.69, 9.17) is 23.4 Å². The lowest BCUT2D eigenvalue weighted by Gasteiger charge is -2.09. The Hall–Kier alpha value is -2.17. The number of thiazole rings is 1. The topological polar surface area (TPSA) is 116 Å². The molecule has 0 saturated heterocycles. The van der Waals surface area contributed by atoms with Crippen molar-refractivity contribution in [2.75, 3.05) is 17.6 Å². The minimum absolute atomic E-state index is 0.121. The predicted octanol–water partition coefficient (Wildman–Crippen LogP) is 1.99. The molecule has 25 heavy (non-hydrogen) atoms. The van der Waals surface area contributed by atoms with E-state index in [1.807, 2.05) is 11.4 Å². The van der Waals surface area contributed by atoms with Crippen molar-refractivity contribution in [3.63, 3.8) is 0 Å². The average Bonchev–Trinajstić information content (AvgIpc) is 3.02. The van der Waals surface area contributed by atoms with Gasteiger partial charge >= 0.3 is 0 Å². The minimum Gasteiger partial charge on any atom is -0.370 e. The molecule has 0 aliphatic heterocycles. The number of amides is 1. The summed E-state index contributed by atoms with van der Waals surface area (Å²) < 4.78 is 0. The van der Waals surface area contributed by atoms with Crippen LogP contribution in [0.25, 0.3) is 0 Å². The number of anilines is 1. The minimum atomic E-state index is -0.223. The molecule has 0 unspecified atom stereocenters. The molecule has 2 rings (SSSR count). The van der Waals surface area contributed by atoms with Gasteiger partial charge in [0.1, 0.15) is 0 Å². The number of benzene rings is 1. The van der Waals surface area contributed by atoms with E-state index in [1.165, 1.54) is 11.3 Å². The summed E-state index contributed by atoms with van der Waals surface area (Å²) in [5.41, 5.74) is 6.75. The Morgan fingerprint density at radius 2 is 2.12 bits per heavy atom. The molecular formula is C15H18N6OS3. The van der Waals surface area contributed by atoms with E-state index in [-0.39, 0.29) is 11.9 Å². The molecule has 7 nitrogen and oxygen atoms in total. The SMILES string of the molecule is N=C(N)Nc1nc(CSCCNC(=S)NC(=O)c2ccccc2)cs1. The van der Waals surface area contributed by atoms with E-state index >= 15 is 0 Å². The molecule has 1 aromatic carbocycles. The van der Waals surface area contributed by atoms with E-state index in [9.17, 15) is 4.79 Å². The summed E-state index contributed by atoms with van der Waals surface area (Å²) in [7, 11) is 0. The van der Waals surface area contributed by atoms with Crippen LogP contribution in [0.5, 0.6) is 0 Å². The molecular weight excluding hydrogens is 376 g/mol. The largest absolute Gasteiger partial charge is 0.370 e. The molecule has 1 amide bonds. The molecule has 0 aliphatic rings. The smallest absolute Gasteiger partial charge is 0.257 e. The Labute approximate surface area is 159 Å². The number of aromatic nitrogens is 1. The van der Waals surface area contributed by atoms with Crippen molar-refractivity contribution in [3.8, 4) is 0 Å². The van der Waals surface area contributed by atoms with Crippen molar-refractivity contribution in [1.82, 2.24) is 15.6 Å². The standard InChI is InChI=1S/C15H18N6OS3/c16-13(17)21-15-19-11(9-25-15)8-24-7-6-18-14(23)20-12(22)10-4-2-1-3-5-10/h1-5,9H,6-8H2,(H4,16,17,19,21)(H2,18,20,22,23). The van der Waals surface area contributed by atoms with Gasteiger partial charge in [0.15, 0.2) is 16.2 Å². The highest BCUT2D eigenvalue weighted by Gasteiger charge is 2.06. The van der Waals surface area contributed by atoms with Gasteiger partial charge < -0.3 is 16.4 Å². The van der Waals surface area contributed by atoms with E-state index in [2.05, 4.69) is 20.9 Å². The lowest BCUT2D eigenvalue weighted by molar-refractivity contribution is 0.0976. The quantitative estimate of drug-likeness (QED) is 0.211. The molecule has 0 fully saturated rings. The number of carbonyl (C=O) groups excluding carboxylic acids is 1. The van der Waals surface area contributed by atoms with Crippen molar-refractivity contribution in [2.24, 2.45) is 5.73 Å². The fourth-order valence-electron chi connectivity index (χ4n) is 1.77. The third kappa shape index (κ3) is 7.08. The summed E-state index contributed by atoms with van der Waals surface area (Å²) in [4.78, 5) is 16.2. The Balaban J connectivity index is 1.61. The maximum absolute atomic E-state index is 11.9. The van der Waals surface area contributed by atoms with Gasteiger partial charge in [0.25, 0.3) is 5.91 Å². The number of thioether (sulfide) groups is 1. The first-order valence-corrected chi connectivity index (χ1v) is 9.76. The molecule has 10 heteroatoms. The van der Waals surface area contributed by atoms with Crippen LogP contribution in [0.15, 0.2) is 35.7 Å². The highest BCUT2D eigenvalue weighted by molar-refractivity contribution is 7.98. The number of carbonyl (C=O) groups is 1. The Kier molecular flexibility index (Phi) is 7.64. The van der Waals surface area contributed by atoms with Gasteiger partial charge in [-0.15, -0.1) is 11.3 Å². The maximum Gasteiger partial charge on any atom is 0.257 e. The second kappa shape index (κ2) is 9.97. The number of hydrogen-bond donors (Lipinski definition) is 5. The summed E-state index contributed by atoms with van der Waals surface area (Å²) in [5, 5.41) is 18.3. The summed E-state index contributed by atoms with van der Waals surface area (Å²) in [6.07, 6.45) is 0. The summed E-state index contributed by atoms with van der Waals surface area (Å²) >= 11 is 8.22. The normalized spacial score (nSPS) is 10.1. The van der Waals surface area contributed by atoms with Gasteiger partial charge in [-0.3, -0.25) is 15.5 Å². The molecule has 6 N–H and O–H groups in total. The van der Waals surface area contributed by atoms with Crippen LogP contribution in [0.4, 0.5) is 5.13 Å². The Morgan fingerprint density at radius 3 is 2.84 bits per heavy atom. The van der Waals surface area contributed by atoms with Crippen LogP contribution < -0.4 is 21.7 Å². The first-order valence-electron chi connectivity index (χ1n) is 7.32. The van der Waals surface area contributed by atoms with Gasteiger partial charge in [0.2, 0.25) is 0 Å². The first-order chi connectivity index (χ1) is 12.0. The van der Waals surface area contributed by atoms with Gasteiger partial charge in [-0.25, -0.2) is 4.98 Å². The fourth-order valence-corrected chi connectivity index (χ4v) is 3.54. The van der Waals surface area contributed by atoms with Crippen molar-refractivity contribution < 1.29 is 4.79 Å². The van der Waals surface area contributed by atoms with Crippen LogP contribution in [-0.2, 0) is 5.75 Å². The first kappa shape index (κ1) is 19.2. The highest BCUT2D eigenvalue weighted by atomic mass is 32.2. The van der Waals surface area contributed by atoms with Gasteiger partial charge in [-0.2, -0.15) is 11.8 Å². The number of guanidine groups is 1. The van der Waals surface area contributed by atoms with Crippen molar-refractivity contribution in [2.45, 2.75) is 5.75 Å². The lowest BCUT2D eigenvalue weighted by Crippen LogP contribution is -2.40. The number of hydrogen-bond acceptors (Lipinski definition) is 6. The third-order valence-corrected chi connectivity index (χ3v) is 4.88. The number of nitrogens with two attached hydrogens (primary N) is 1. The second-order valence-electron chi connectivity index (χ2n) is 4.81. The number of rotatable bonds is 7. The maximum atomic E-state index is 11.9. The number of nitrogens with zero attached hydrogens (tertiary/aromatic N) is 1. The zero-order chi connectivity index (χ0) is 18.1. The Morgan fingerprint density at radius 1 is 1.36 bits per heavy atom. The van der Waals surface area contributed by atoms with Crippen LogP contribution in [0.2, 0.25) is 0 Å². The molecule has 0 aliphatic carbocycles. The van der Waals surface area contributed by atoms with Crippen LogP contribution in [0, 0.1) is 5.41 Å². The predicted molar refractivity (Wildman–Crippen MR) is 108 cm³/mol. The zero-order valence-corrected chi connectivity index (χ0v) is 15.7. The van der Waals surface area contributed by atoms with Crippen molar-refractivity contribution in [1.29, 1.82) is 5.41 Å². The monoisotopic (exact) mass is 394 g/mol. The molecule has 2 aromatic rings. The molecule has 0 saturated carbocycles. The molecule has 1 aromatic heterocycles. The van der Waals surface area contributed by atoms with Gasteiger partial charge in [-0.05, 0) is 24.4 Å². The molecule has 1 heterocycles. The number of thiocarbonyl (C=S) groups is 1. The van der Waals surface area contributed by atoms with Gasteiger partial charge in [0, 0.05) is 29.0 Å². The average molecular weight is 395 g/mol. The van der Waals surface area contributed by atoms with Crippen LogP contribution in [-0.4, -0.2) is 34.3 Å². The molecule has 0 bridgehead atoms. The lowest BCUT2D eigenvalue weighted by atomic mass is 10.2. The van der Waals surface area contributed by atoms with E-state index in [0.29, 0.717) is 22.4 Å². The van der Waals surface area contributed by atoms with E-state index in [0.717, 1.165) is 17.2 Å². The molecule has 0 radical (unpaired) electrons. The molecule has 0 atom stereocenters. The van der Waals surface area contributed by atoms with Gasteiger partial charge in [-0.1, -0.05) is 18.2 Å². The summed E-state index contributed by atoms with van der Waals surface area (Å²) in [6, 6.07) is 8.93. The van der Waals surface area contributed by atoms with E-state index in [1.54, 1.807) is 36.0 Å². The zero-order valence-electron chi connectivity index (χ0n) is 13.2. The van der Waals surface area contributed by atoms with Gasteiger partial charge in [0.05, 0.1) is 5.69 Å². The van der Waals surface area contributed by atoms with E-state index < -0.39 is 0 Å². The summed E-state index contributed by atoms with van der Waals surface area (Å²) in [5.74, 6) is 1.22. The fraction of sp³-hybridized carbons (Fsp3) is 0.200. The van der Waals surface area contributed by atoms with Crippen LogP contribution in [0.3, 0.4) is 0 Å². The van der Waals surface area contributed by atoms with Crippen molar-refractivity contribution >= 4 is 57.4 Å². The molecule has 132 valence electrons.